The molecule has 0 spiro atoms. The molecule has 1 aromatic carbocycles. The van der Waals surface area contributed by atoms with Crippen LogP contribution in [0.1, 0.15) is 11.1 Å². The second-order valence-electron chi connectivity index (χ2n) is 2.92. The molecular formula is C9H9BrClNO2. The van der Waals surface area contributed by atoms with Crippen LogP contribution < -0.4 is 0 Å². The number of aryl methyl sites for hydroxylation is 1. The van der Waals surface area contributed by atoms with Crippen LogP contribution in [-0.2, 0) is 6.42 Å². The minimum Gasteiger partial charge on any atom is -0.258 e. The molecule has 1 aromatic rings. The smallest absolute Gasteiger partial charge is 0.258 e. The number of nitro groups is 1. The Hall–Kier alpha value is -0.610. The second kappa shape index (κ2) is 4.75. The van der Waals surface area contributed by atoms with Crippen molar-refractivity contribution in [1.82, 2.24) is 0 Å². The van der Waals surface area contributed by atoms with Gasteiger partial charge < -0.3 is 0 Å². The van der Waals surface area contributed by atoms with Gasteiger partial charge in [-0.1, -0.05) is 15.9 Å². The maximum absolute atomic E-state index is 10.7. The zero-order chi connectivity index (χ0) is 10.7. The Morgan fingerprint density at radius 1 is 1.57 bits per heavy atom. The van der Waals surface area contributed by atoms with E-state index in [-0.39, 0.29) is 10.6 Å². The van der Waals surface area contributed by atoms with Gasteiger partial charge in [0.25, 0.3) is 5.69 Å². The second-order valence-corrected chi connectivity index (χ2v) is 4.15. The lowest BCUT2D eigenvalue weighted by Gasteiger charge is -2.03. The molecule has 0 unspecified atom stereocenters. The van der Waals surface area contributed by atoms with E-state index in [4.69, 9.17) is 11.6 Å². The van der Waals surface area contributed by atoms with Crippen molar-refractivity contribution in [1.29, 1.82) is 0 Å². The van der Waals surface area contributed by atoms with Crippen molar-refractivity contribution in [3.05, 3.63) is 37.8 Å². The first kappa shape index (κ1) is 11.5. The van der Waals surface area contributed by atoms with Crippen molar-refractivity contribution in [2.45, 2.75) is 13.3 Å². The quantitative estimate of drug-likeness (QED) is 0.483. The lowest BCUT2D eigenvalue weighted by Crippen LogP contribution is -1.96. The largest absolute Gasteiger partial charge is 0.273 e. The van der Waals surface area contributed by atoms with Gasteiger partial charge >= 0.3 is 0 Å². The molecule has 0 fully saturated rings. The van der Waals surface area contributed by atoms with Crippen LogP contribution in [0, 0.1) is 17.0 Å². The van der Waals surface area contributed by atoms with E-state index < -0.39 is 0 Å². The van der Waals surface area contributed by atoms with Gasteiger partial charge in [-0.3, -0.25) is 10.1 Å². The Balaban J connectivity index is 3.21. The molecule has 0 amide bonds. The van der Waals surface area contributed by atoms with Crippen molar-refractivity contribution in [2.75, 3.05) is 5.88 Å². The highest BCUT2D eigenvalue weighted by molar-refractivity contribution is 9.10. The standard InChI is InChI=1S/C9H9BrClNO2/c1-6-8(10)4-7(2-3-11)5-9(6)12(13)14/h4-5H,2-3H2,1H3. The van der Waals surface area contributed by atoms with Crippen LogP contribution in [0.15, 0.2) is 16.6 Å². The Morgan fingerprint density at radius 3 is 2.71 bits per heavy atom. The molecule has 3 nitrogen and oxygen atoms in total. The van der Waals surface area contributed by atoms with Crippen molar-refractivity contribution in [3.63, 3.8) is 0 Å². The minimum absolute atomic E-state index is 0.138. The summed E-state index contributed by atoms with van der Waals surface area (Å²) in [5.41, 5.74) is 1.66. The molecule has 0 bridgehead atoms. The van der Waals surface area contributed by atoms with E-state index in [1.165, 1.54) is 0 Å². The van der Waals surface area contributed by atoms with Gasteiger partial charge in [0.2, 0.25) is 0 Å². The number of nitrogens with zero attached hydrogens (tertiary/aromatic N) is 1. The number of alkyl halides is 1. The third-order valence-electron chi connectivity index (χ3n) is 1.96. The number of hydrogen-bond acceptors (Lipinski definition) is 2. The number of rotatable bonds is 3. The zero-order valence-electron chi connectivity index (χ0n) is 7.59. The molecule has 1 rings (SSSR count). The highest BCUT2D eigenvalue weighted by Crippen LogP contribution is 2.28. The summed E-state index contributed by atoms with van der Waals surface area (Å²) in [6.07, 6.45) is 0.640. The van der Waals surface area contributed by atoms with Crippen LogP contribution in [0.4, 0.5) is 5.69 Å². The van der Waals surface area contributed by atoms with E-state index in [0.29, 0.717) is 17.9 Å². The molecule has 0 saturated heterocycles. The van der Waals surface area contributed by atoms with Gasteiger partial charge in [-0.25, -0.2) is 0 Å². The van der Waals surface area contributed by atoms with E-state index in [1.54, 1.807) is 13.0 Å². The molecule has 0 atom stereocenters. The Kier molecular flexibility index (Phi) is 3.89. The fraction of sp³-hybridized carbons (Fsp3) is 0.333. The Morgan fingerprint density at radius 2 is 2.21 bits per heavy atom. The first-order chi connectivity index (χ1) is 6.56. The van der Waals surface area contributed by atoms with Crippen LogP contribution >= 0.6 is 27.5 Å². The average molecular weight is 279 g/mol. The monoisotopic (exact) mass is 277 g/mol. The molecule has 14 heavy (non-hydrogen) atoms. The van der Waals surface area contributed by atoms with Gasteiger partial charge in [0, 0.05) is 22.0 Å². The highest BCUT2D eigenvalue weighted by Gasteiger charge is 2.14. The topological polar surface area (TPSA) is 43.1 Å². The molecule has 0 aromatic heterocycles. The van der Waals surface area contributed by atoms with Crippen LogP contribution in [0.3, 0.4) is 0 Å². The predicted octanol–water partition coefficient (Wildman–Crippen LogP) is 3.45. The number of halogens is 2. The van der Waals surface area contributed by atoms with E-state index in [2.05, 4.69) is 15.9 Å². The lowest BCUT2D eigenvalue weighted by atomic mass is 10.1. The minimum atomic E-state index is -0.377. The van der Waals surface area contributed by atoms with Crippen LogP contribution in [0.5, 0.6) is 0 Å². The molecule has 0 heterocycles. The molecular weight excluding hydrogens is 269 g/mol. The number of nitro benzene ring substituents is 1. The van der Waals surface area contributed by atoms with Crippen molar-refractivity contribution < 1.29 is 4.92 Å². The summed E-state index contributed by atoms with van der Waals surface area (Å²) < 4.78 is 0.756. The normalized spacial score (nSPS) is 10.2. The Bertz CT molecular complexity index is 368. The van der Waals surface area contributed by atoms with Gasteiger partial charge in [-0.05, 0) is 25.0 Å². The molecule has 0 aliphatic carbocycles. The van der Waals surface area contributed by atoms with Gasteiger partial charge in [0.15, 0.2) is 0 Å². The molecule has 5 heteroatoms. The third kappa shape index (κ3) is 2.45. The fourth-order valence-electron chi connectivity index (χ4n) is 1.16. The SMILES string of the molecule is Cc1c(Br)cc(CCCl)cc1[N+](=O)[O-]. The van der Waals surface area contributed by atoms with Gasteiger partial charge in [0.05, 0.1) is 4.92 Å². The number of hydrogen-bond donors (Lipinski definition) is 0. The maximum atomic E-state index is 10.7. The molecule has 0 aliphatic rings. The van der Waals surface area contributed by atoms with Crippen LogP contribution in [0.25, 0.3) is 0 Å². The first-order valence-electron chi connectivity index (χ1n) is 4.05. The molecule has 0 saturated carbocycles. The average Bonchev–Trinajstić information content (AvgIpc) is 2.11. The summed E-state index contributed by atoms with van der Waals surface area (Å²) in [6.45, 7) is 1.71. The van der Waals surface area contributed by atoms with Crippen molar-refractivity contribution >= 4 is 33.2 Å². The third-order valence-corrected chi connectivity index (χ3v) is 2.97. The number of benzene rings is 1. The molecule has 0 N–H and O–H groups in total. The van der Waals surface area contributed by atoms with Gasteiger partial charge in [-0.2, -0.15) is 0 Å². The van der Waals surface area contributed by atoms with E-state index in [1.807, 2.05) is 6.07 Å². The molecule has 76 valence electrons. The summed E-state index contributed by atoms with van der Waals surface area (Å²) >= 11 is 8.86. The predicted molar refractivity (Wildman–Crippen MR) is 60.0 cm³/mol. The van der Waals surface area contributed by atoms with E-state index in [9.17, 15) is 10.1 Å². The van der Waals surface area contributed by atoms with Crippen LogP contribution in [-0.4, -0.2) is 10.8 Å². The summed E-state index contributed by atoms with van der Waals surface area (Å²) in [5, 5.41) is 10.7. The van der Waals surface area contributed by atoms with Crippen LogP contribution in [0.2, 0.25) is 0 Å². The highest BCUT2D eigenvalue weighted by atomic mass is 79.9. The lowest BCUT2D eigenvalue weighted by molar-refractivity contribution is -0.385. The van der Waals surface area contributed by atoms with Gasteiger partial charge in [-0.15, -0.1) is 11.6 Å². The van der Waals surface area contributed by atoms with Crippen molar-refractivity contribution in [2.24, 2.45) is 0 Å². The summed E-state index contributed by atoms with van der Waals surface area (Å²) in [5.74, 6) is 0.465. The van der Waals surface area contributed by atoms with Crippen molar-refractivity contribution in [3.8, 4) is 0 Å². The Labute approximate surface area is 95.4 Å². The fourth-order valence-corrected chi connectivity index (χ4v) is 1.88. The molecule has 0 aliphatic heterocycles. The summed E-state index contributed by atoms with van der Waals surface area (Å²) in [4.78, 5) is 10.3. The first-order valence-corrected chi connectivity index (χ1v) is 5.38. The summed E-state index contributed by atoms with van der Waals surface area (Å²) in [7, 11) is 0. The molecule has 0 radical (unpaired) electrons. The van der Waals surface area contributed by atoms with Gasteiger partial charge in [0.1, 0.15) is 0 Å². The van der Waals surface area contributed by atoms with E-state index >= 15 is 0 Å². The zero-order valence-corrected chi connectivity index (χ0v) is 9.93. The maximum Gasteiger partial charge on any atom is 0.273 e. The summed E-state index contributed by atoms with van der Waals surface area (Å²) in [6, 6.07) is 3.44. The van der Waals surface area contributed by atoms with E-state index in [0.717, 1.165) is 10.0 Å².